The fraction of sp³-hybridized carbons (Fsp3) is 0.273. The highest BCUT2D eigenvalue weighted by molar-refractivity contribution is 6.31. The Hall–Kier alpha value is -1.75. The maximum absolute atomic E-state index is 11.4. The molecule has 4 N–H and O–H groups in total. The lowest BCUT2D eigenvalue weighted by atomic mass is 10.2. The van der Waals surface area contributed by atoms with Gasteiger partial charge in [-0.1, -0.05) is 17.7 Å². The van der Waals surface area contributed by atoms with Crippen LogP contribution in [0, 0.1) is 6.92 Å². The van der Waals surface area contributed by atoms with Gasteiger partial charge in [0.1, 0.15) is 0 Å². The molecule has 5 nitrogen and oxygen atoms in total. The fourth-order valence-corrected chi connectivity index (χ4v) is 1.33. The molecule has 0 heterocycles. The van der Waals surface area contributed by atoms with Crippen LogP contribution in [0.25, 0.3) is 0 Å². The number of carbonyl (C=O) groups is 2. The summed E-state index contributed by atoms with van der Waals surface area (Å²) in [7, 11) is 0. The van der Waals surface area contributed by atoms with Crippen molar-refractivity contribution in [2.45, 2.75) is 13.3 Å². The lowest BCUT2D eigenvalue weighted by Gasteiger charge is -2.07. The van der Waals surface area contributed by atoms with Crippen molar-refractivity contribution in [1.82, 2.24) is 5.32 Å². The summed E-state index contributed by atoms with van der Waals surface area (Å²) in [5, 5.41) is 5.68. The zero-order valence-electron chi connectivity index (χ0n) is 9.42. The lowest BCUT2D eigenvalue weighted by Crippen LogP contribution is -2.31. The van der Waals surface area contributed by atoms with Gasteiger partial charge in [0.2, 0.25) is 5.91 Å². The van der Waals surface area contributed by atoms with E-state index in [1.807, 2.05) is 6.92 Å². The second-order valence-electron chi connectivity index (χ2n) is 3.56. The number of primary amides is 1. The van der Waals surface area contributed by atoms with E-state index in [4.69, 9.17) is 17.3 Å². The number of amides is 3. The molecule has 0 aliphatic carbocycles. The molecular weight excluding hydrogens is 242 g/mol. The zero-order valence-corrected chi connectivity index (χ0v) is 10.2. The van der Waals surface area contributed by atoms with E-state index in [-0.39, 0.29) is 13.0 Å². The molecule has 6 heteroatoms. The van der Waals surface area contributed by atoms with Crippen LogP contribution in [-0.4, -0.2) is 18.5 Å². The number of rotatable bonds is 4. The summed E-state index contributed by atoms with van der Waals surface area (Å²) in [6, 6.07) is 4.81. The van der Waals surface area contributed by atoms with E-state index in [1.54, 1.807) is 18.2 Å². The molecule has 0 fully saturated rings. The van der Waals surface area contributed by atoms with Gasteiger partial charge in [0, 0.05) is 23.7 Å². The minimum Gasteiger partial charge on any atom is -0.370 e. The molecule has 3 amide bonds. The summed E-state index contributed by atoms with van der Waals surface area (Å²) in [6.45, 7) is 2.08. The number of halogens is 1. The van der Waals surface area contributed by atoms with Crippen molar-refractivity contribution >= 4 is 29.2 Å². The Morgan fingerprint density at radius 1 is 1.41 bits per heavy atom. The van der Waals surface area contributed by atoms with E-state index in [1.165, 1.54) is 0 Å². The van der Waals surface area contributed by atoms with E-state index in [0.717, 1.165) is 5.56 Å². The molecule has 0 saturated carbocycles. The molecule has 0 aliphatic rings. The van der Waals surface area contributed by atoms with Gasteiger partial charge in [-0.05, 0) is 24.6 Å². The minimum absolute atomic E-state index is 0.113. The fourth-order valence-electron chi connectivity index (χ4n) is 1.15. The molecule has 0 saturated heterocycles. The van der Waals surface area contributed by atoms with Crippen LogP contribution in [0.1, 0.15) is 12.0 Å². The number of hydrogen-bond donors (Lipinski definition) is 3. The Kier molecular flexibility index (Phi) is 4.78. The molecule has 0 aromatic heterocycles. The summed E-state index contributed by atoms with van der Waals surface area (Å²) < 4.78 is 0. The molecule has 0 spiro atoms. The summed E-state index contributed by atoms with van der Waals surface area (Å²) in [6.07, 6.45) is 0.113. The standard InChI is InChI=1S/C11H14ClN3O2/c1-7-2-3-8(6-9(7)12)15-11(17)14-5-4-10(13)16/h2-3,6H,4-5H2,1H3,(H2,13,16)(H2,14,15,17). The van der Waals surface area contributed by atoms with Crippen LogP contribution >= 0.6 is 11.6 Å². The average Bonchev–Trinajstić information content (AvgIpc) is 2.23. The highest BCUT2D eigenvalue weighted by Crippen LogP contribution is 2.19. The third-order valence-corrected chi connectivity index (χ3v) is 2.49. The maximum Gasteiger partial charge on any atom is 0.319 e. The van der Waals surface area contributed by atoms with E-state index in [9.17, 15) is 9.59 Å². The van der Waals surface area contributed by atoms with Crippen molar-refractivity contribution in [3.8, 4) is 0 Å². The van der Waals surface area contributed by atoms with Gasteiger partial charge in [0.25, 0.3) is 0 Å². The Morgan fingerprint density at radius 2 is 2.12 bits per heavy atom. The number of hydrogen-bond acceptors (Lipinski definition) is 2. The number of aryl methyl sites for hydroxylation is 1. The molecule has 1 aromatic carbocycles. The zero-order chi connectivity index (χ0) is 12.8. The molecule has 92 valence electrons. The number of urea groups is 1. The molecule has 0 atom stereocenters. The number of anilines is 1. The van der Waals surface area contributed by atoms with Gasteiger partial charge in [-0.2, -0.15) is 0 Å². The highest BCUT2D eigenvalue weighted by atomic mass is 35.5. The molecule has 0 aliphatic heterocycles. The van der Waals surface area contributed by atoms with E-state index >= 15 is 0 Å². The highest BCUT2D eigenvalue weighted by Gasteiger charge is 2.03. The van der Waals surface area contributed by atoms with Crippen molar-refractivity contribution in [2.24, 2.45) is 5.73 Å². The Morgan fingerprint density at radius 3 is 2.71 bits per heavy atom. The van der Waals surface area contributed by atoms with Crippen molar-refractivity contribution in [3.63, 3.8) is 0 Å². The second kappa shape index (κ2) is 6.10. The van der Waals surface area contributed by atoms with Crippen LogP contribution in [0.4, 0.5) is 10.5 Å². The first-order chi connectivity index (χ1) is 7.99. The third kappa shape index (κ3) is 4.74. The van der Waals surface area contributed by atoms with Crippen LogP contribution in [0.3, 0.4) is 0 Å². The van der Waals surface area contributed by atoms with Gasteiger partial charge < -0.3 is 16.4 Å². The van der Waals surface area contributed by atoms with Crippen LogP contribution in [-0.2, 0) is 4.79 Å². The van der Waals surface area contributed by atoms with E-state index in [2.05, 4.69) is 10.6 Å². The first-order valence-electron chi connectivity index (χ1n) is 5.08. The van der Waals surface area contributed by atoms with Gasteiger partial charge in [0.05, 0.1) is 0 Å². The summed E-state index contributed by atoms with van der Waals surface area (Å²) in [5.41, 5.74) is 6.47. The monoisotopic (exact) mass is 255 g/mol. The third-order valence-electron chi connectivity index (χ3n) is 2.09. The van der Waals surface area contributed by atoms with Gasteiger partial charge >= 0.3 is 6.03 Å². The topological polar surface area (TPSA) is 84.2 Å². The van der Waals surface area contributed by atoms with Gasteiger partial charge in [-0.25, -0.2) is 4.79 Å². The van der Waals surface area contributed by atoms with Gasteiger partial charge in [-0.3, -0.25) is 4.79 Å². The van der Waals surface area contributed by atoms with Gasteiger partial charge in [-0.15, -0.1) is 0 Å². The number of benzene rings is 1. The lowest BCUT2D eigenvalue weighted by molar-refractivity contribution is -0.117. The van der Waals surface area contributed by atoms with Crippen LogP contribution in [0.2, 0.25) is 5.02 Å². The summed E-state index contributed by atoms with van der Waals surface area (Å²) in [5.74, 6) is -0.455. The molecule has 17 heavy (non-hydrogen) atoms. The number of carbonyl (C=O) groups excluding carboxylic acids is 2. The smallest absolute Gasteiger partial charge is 0.319 e. The SMILES string of the molecule is Cc1ccc(NC(=O)NCCC(N)=O)cc1Cl. The van der Waals surface area contributed by atoms with E-state index < -0.39 is 11.9 Å². The Labute approximate surface area is 104 Å². The Balaban J connectivity index is 2.45. The van der Waals surface area contributed by atoms with Crippen LogP contribution in [0.5, 0.6) is 0 Å². The largest absolute Gasteiger partial charge is 0.370 e. The molecule has 0 radical (unpaired) electrons. The molecule has 0 unspecified atom stereocenters. The van der Waals surface area contributed by atoms with Crippen molar-refractivity contribution in [3.05, 3.63) is 28.8 Å². The first-order valence-corrected chi connectivity index (χ1v) is 5.46. The van der Waals surface area contributed by atoms with Crippen molar-refractivity contribution in [1.29, 1.82) is 0 Å². The van der Waals surface area contributed by atoms with Crippen LogP contribution in [0.15, 0.2) is 18.2 Å². The van der Waals surface area contributed by atoms with E-state index in [0.29, 0.717) is 10.7 Å². The minimum atomic E-state index is -0.455. The normalized spacial score (nSPS) is 9.76. The second-order valence-corrected chi connectivity index (χ2v) is 3.97. The quantitative estimate of drug-likeness (QED) is 0.764. The molecule has 1 aromatic rings. The molecule has 0 bridgehead atoms. The predicted molar refractivity (Wildman–Crippen MR) is 67.0 cm³/mol. The first kappa shape index (κ1) is 13.3. The number of nitrogens with two attached hydrogens (primary N) is 1. The summed E-state index contributed by atoms with van der Waals surface area (Å²) >= 11 is 5.91. The van der Waals surface area contributed by atoms with Crippen molar-refractivity contribution in [2.75, 3.05) is 11.9 Å². The van der Waals surface area contributed by atoms with Crippen molar-refractivity contribution < 1.29 is 9.59 Å². The van der Waals surface area contributed by atoms with Crippen LogP contribution < -0.4 is 16.4 Å². The summed E-state index contributed by atoms with van der Waals surface area (Å²) in [4.78, 5) is 21.8. The predicted octanol–water partition coefficient (Wildman–Crippen LogP) is 1.65. The maximum atomic E-state index is 11.4. The molecular formula is C11H14ClN3O2. The number of nitrogens with one attached hydrogen (secondary N) is 2. The molecule has 1 rings (SSSR count). The van der Waals surface area contributed by atoms with Gasteiger partial charge in [0.15, 0.2) is 0 Å². The Bertz CT molecular complexity index is 435. The average molecular weight is 256 g/mol.